The number of rotatable bonds is 0. The molecule has 0 aliphatic carbocycles. The maximum atomic E-state index is 9.24. The Hall–Kier alpha value is -1.09. The molecule has 3 N–H and O–H groups in total. The molecule has 5 nitrogen and oxygen atoms in total. The van der Waals surface area contributed by atoms with Crippen molar-refractivity contribution >= 4 is 18.7 Å². The van der Waals surface area contributed by atoms with Crippen molar-refractivity contribution in [1.29, 1.82) is 10.8 Å². The molecule has 0 atom stereocenters. The van der Waals surface area contributed by atoms with Gasteiger partial charge in [0.15, 0.2) is 0 Å². The monoisotopic (exact) mass is 132 g/mol. The first-order chi connectivity index (χ1) is 3.68. The second-order valence-corrected chi connectivity index (χ2v) is 0.750. The fourth-order valence-corrected chi connectivity index (χ4v) is 0. The molecule has 0 aliphatic heterocycles. The van der Waals surface area contributed by atoms with E-state index in [1.165, 1.54) is 5.40 Å². The van der Waals surface area contributed by atoms with E-state index in [9.17, 15) is 4.79 Å². The van der Waals surface area contributed by atoms with Gasteiger partial charge >= 0.3 is 6.03 Å². The molecule has 0 aromatic carbocycles. The lowest BCUT2D eigenvalue weighted by Gasteiger charge is -1.63. The first-order valence-electron chi connectivity index (χ1n) is 1.39. The fraction of sp³-hybridized carbons (Fsp3) is 0. The van der Waals surface area contributed by atoms with E-state index in [4.69, 9.17) is 10.8 Å². The van der Waals surface area contributed by atoms with Gasteiger partial charge in [0.2, 0.25) is 0 Å². The number of nitrogens with zero attached hydrogens (tertiary/aromatic N) is 2. The minimum atomic E-state index is -0.954. The molecule has 8 heavy (non-hydrogen) atoms. The number of thiocyanates is 1. The van der Waals surface area contributed by atoms with Crippen molar-refractivity contribution in [3.63, 3.8) is 0 Å². The lowest BCUT2D eigenvalue weighted by molar-refractivity contribution is 0.255. The number of amides is 2. The molecule has 0 spiro atoms. The molecule has 0 saturated heterocycles. The van der Waals surface area contributed by atoms with Crippen molar-refractivity contribution in [1.82, 2.24) is 0 Å². The highest BCUT2D eigenvalue weighted by molar-refractivity contribution is 7.85. The minimum Gasteiger partial charge on any atom is -0.348 e. The number of carbonyl (C=O) groups is 1. The van der Waals surface area contributed by atoms with Gasteiger partial charge in [0.1, 0.15) is 5.40 Å². The van der Waals surface area contributed by atoms with Gasteiger partial charge in [-0.25, -0.2) is 4.79 Å². The number of carbonyl (C=O) groups excluding carboxylic acids is 1. The van der Waals surface area contributed by atoms with Crippen LogP contribution in [0, 0.1) is 16.2 Å². The Morgan fingerprint density at radius 3 is 2.12 bits per heavy atom. The number of primary amides is 1. The van der Waals surface area contributed by atoms with Crippen LogP contribution >= 0.6 is 12.6 Å². The molecule has 0 aliphatic rings. The van der Waals surface area contributed by atoms with Gasteiger partial charge in [-0.2, -0.15) is 10.8 Å². The fourth-order valence-electron chi connectivity index (χ4n) is 0. The van der Waals surface area contributed by atoms with Gasteiger partial charge < -0.3 is 5.73 Å². The molecular weight excluding hydrogens is 128 g/mol. The Bertz CT molecular complexity index is 116. The van der Waals surface area contributed by atoms with E-state index in [1.807, 2.05) is 0 Å². The van der Waals surface area contributed by atoms with E-state index in [0.29, 0.717) is 0 Å². The van der Waals surface area contributed by atoms with Gasteiger partial charge in [-0.15, -0.1) is 0 Å². The number of thiol groups is 1. The summed E-state index contributed by atoms with van der Waals surface area (Å²) < 4.78 is 0. The lowest BCUT2D eigenvalue weighted by Crippen LogP contribution is -2.00. The maximum absolute atomic E-state index is 9.24. The Morgan fingerprint density at radius 1 is 2.00 bits per heavy atom. The summed E-state index contributed by atoms with van der Waals surface area (Å²) in [5.41, 5.74) is 10.1. The third-order valence-electron chi connectivity index (χ3n) is 0.110. The molecule has 0 radical (unpaired) electrons. The Balaban J connectivity index is 0. The third-order valence-corrected chi connectivity index (χ3v) is 0.110. The van der Waals surface area contributed by atoms with Crippen LogP contribution in [0.4, 0.5) is 4.79 Å². The zero-order valence-corrected chi connectivity index (χ0v) is 4.72. The number of nitrogens with one attached hydrogen (secondary N) is 1. The summed E-state index contributed by atoms with van der Waals surface area (Å²) in [4.78, 5) is 9.24. The molecule has 2 amide bonds. The zero-order valence-electron chi connectivity index (χ0n) is 3.83. The van der Waals surface area contributed by atoms with Crippen LogP contribution in [0.25, 0.3) is 0 Å². The summed E-state index contributed by atoms with van der Waals surface area (Å²) in [5, 5.41) is 10.9. The standard InChI is InChI=1S/CH3N3O.CHNS/c2-1(5)4-3;2-1-3/h3H,(H2,2,5);3H. The highest BCUT2D eigenvalue weighted by atomic mass is 32.1. The molecular formula is C2H4N4OS. The van der Waals surface area contributed by atoms with Crippen LogP contribution in [0.15, 0.2) is 5.11 Å². The van der Waals surface area contributed by atoms with Gasteiger partial charge in [-0.3, -0.25) is 0 Å². The van der Waals surface area contributed by atoms with Crippen molar-refractivity contribution in [2.24, 2.45) is 10.8 Å². The molecule has 0 aromatic heterocycles. The van der Waals surface area contributed by atoms with Crippen LogP contribution in [0.1, 0.15) is 0 Å². The van der Waals surface area contributed by atoms with Crippen molar-refractivity contribution in [2.45, 2.75) is 0 Å². The Labute approximate surface area is 51.4 Å². The van der Waals surface area contributed by atoms with Crippen molar-refractivity contribution in [3.8, 4) is 5.40 Å². The second-order valence-electron chi connectivity index (χ2n) is 0.550. The first kappa shape index (κ1) is 10.0. The summed E-state index contributed by atoms with van der Waals surface area (Å²) in [6.45, 7) is 0. The predicted octanol–water partition coefficient (Wildman–Crippen LogP) is 0.493. The van der Waals surface area contributed by atoms with E-state index in [0.717, 1.165) is 0 Å². The van der Waals surface area contributed by atoms with E-state index in [-0.39, 0.29) is 0 Å². The quantitative estimate of drug-likeness (QED) is 0.253. The molecule has 0 bridgehead atoms. The predicted molar refractivity (Wildman–Crippen MR) is 29.3 cm³/mol. The maximum Gasteiger partial charge on any atom is 0.356 e. The second kappa shape index (κ2) is 9.32. The van der Waals surface area contributed by atoms with Gasteiger partial charge in [0.25, 0.3) is 0 Å². The molecule has 0 fully saturated rings. The van der Waals surface area contributed by atoms with Crippen LogP contribution < -0.4 is 5.73 Å². The van der Waals surface area contributed by atoms with E-state index >= 15 is 0 Å². The number of urea groups is 1. The largest absolute Gasteiger partial charge is 0.356 e. The van der Waals surface area contributed by atoms with Gasteiger partial charge in [-0.05, 0) is 0 Å². The van der Waals surface area contributed by atoms with E-state index < -0.39 is 6.03 Å². The SMILES string of the molecule is N#CS.N=NC(N)=O. The average molecular weight is 132 g/mol. The van der Waals surface area contributed by atoms with Crippen LogP contribution in [-0.2, 0) is 0 Å². The van der Waals surface area contributed by atoms with Crippen LogP contribution in [0.2, 0.25) is 0 Å². The van der Waals surface area contributed by atoms with E-state index in [2.05, 4.69) is 23.5 Å². The normalized spacial score (nSPS) is 5.00. The highest BCUT2D eigenvalue weighted by Gasteiger charge is 1.73. The summed E-state index contributed by atoms with van der Waals surface area (Å²) >= 11 is 3.09. The van der Waals surface area contributed by atoms with Crippen molar-refractivity contribution in [2.75, 3.05) is 0 Å². The van der Waals surface area contributed by atoms with Gasteiger partial charge in [0, 0.05) is 0 Å². The Kier molecular flexibility index (Phi) is 11.7. The lowest BCUT2D eigenvalue weighted by atomic mass is 11.2. The third kappa shape index (κ3) is 90.6. The molecule has 0 rings (SSSR count). The first-order valence-corrected chi connectivity index (χ1v) is 1.83. The molecule has 0 heterocycles. The molecule has 0 aromatic rings. The van der Waals surface area contributed by atoms with Crippen LogP contribution in [-0.4, -0.2) is 6.03 Å². The van der Waals surface area contributed by atoms with Crippen molar-refractivity contribution < 1.29 is 4.79 Å². The molecule has 6 heteroatoms. The average Bonchev–Trinajstić information content (AvgIpc) is 1.69. The van der Waals surface area contributed by atoms with Crippen LogP contribution in [0.5, 0.6) is 0 Å². The topological polar surface area (TPSA) is 103 Å². The van der Waals surface area contributed by atoms with E-state index in [1.54, 1.807) is 0 Å². The van der Waals surface area contributed by atoms with Gasteiger partial charge in [0.05, 0.1) is 0 Å². The van der Waals surface area contributed by atoms with Crippen molar-refractivity contribution in [3.05, 3.63) is 0 Å². The summed E-state index contributed by atoms with van der Waals surface area (Å²) in [6.07, 6.45) is 0. The van der Waals surface area contributed by atoms with Gasteiger partial charge in [-0.1, -0.05) is 17.7 Å². The molecule has 0 saturated carbocycles. The smallest absolute Gasteiger partial charge is 0.348 e. The minimum absolute atomic E-state index is 0.954. The number of hydrogen-bond acceptors (Lipinski definition) is 4. The zero-order chi connectivity index (χ0) is 6.99. The number of hydrogen-bond donors (Lipinski definition) is 3. The number of nitriles is 1. The highest BCUT2D eigenvalue weighted by Crippen LogP contribution is 1.55. The summed E-state index contributed by atoms with van der Waals surface area (Å²) in [6, 6.07) is -0.954. The molecule has 44 valence electrons. The number of nitrogens with two attached hydrogens (primary N) is 1. The Morgan fingerprint density at radius 2 is 2.12 bits per heavy atom. The summed E-state index contributed by atoms with van der Waals surface area (Å²) in [7, 11) is 0. The van der Waals surface area contributed by atoms with Crippen LogP contribution in [0.3, 0.4) is 0 Å². The summed E-state index contributed by atoms with van der Waals surface area (Å²) in [5.74, 6) is 0. The molecule has 0 unspecified atom stereocenters.